The van der Waals surface area contributed by atoms with Gasteiger partial charge in [-0.3, -0.25) is 4.79 Å². The molecule has 0 bridgehead atoms. The Morgan fingerprint density at radius 2 is 1.56 bits per heavy atom. The summed E-state index contributed by atoms with van der Waals surface area (Å²) >= 11 is 0. The normalized spacial score (nSPS) is 10.7. The van der Waals surface area contributed by atoms with Crippen molar-refractivity contribution in [2.24, 2.45) is 0 Å². The molecule has 0 atom stereocenters. The lowest BCUT2D eigenvalue weighted by atomic mass is 10.1. The second-order valence-corrected chi connectivity index (χ2v) is 7.70. The predicted molar refractivity (Wildman–Crippen MR) is 128 cm³/mol. The van der Waals surface area contributed by atoms with E-state index in [2.05, 4.69) is 12.1 Å². The summed E-state index contributed by atoms with van der Waals surface area (Å²) in [5.74, 6) is 1.48. The molecule has 0 aliphatic heterocycles. The van der Waals surface area contributed by atoms with Crippen LogP contribution in [0.1, 0.15) is 28.4 Å². The van der Waals surface area contributed by atoms with Crippen LogP contribution < -0.4 is 9.47 Å². The number of rotatable bonds is 8. The highest BCUT2D eigenvalue weighted by molar-refractivity contribution is 5.94. The number of carbonyl (C=O) groups is 1. The van der Waals surface area contributed by atoms with Crippen molar-refractivity contribution in [1.82, 2.24) is 4.90 Å². The number of benzene rings is 4. The van der Waals surface area contributed by atoms with E-state index in [1.54, 1.807) is 4.90 Å². The van der Waals surface area contributed by atoms with Crippen molar-refractivity contribution in [3.05, 3.63) is 108 Å². The zero-order valence-electron chi connectivity index (χ0n) is 18.5. The second-order valence-electron chi connectivity index (χ2n) is 7.70. The summed E-state index contributed by atoms with van der Waals surface area (Å²) in [4.78, 5) is 14.8. The van der Waals surface area contributed by atoms with Crippen molar-refractivity contribution in [3.8, 4) is 11.5 Å². The van der Waals surface area contributed by atoms with Crippen molar-refractivity contribution >= 4 is 16.7 Å². The smallest absolute Gasteiger partial charge is 0.253 e. The number of ether oxygens (including phenoxy) is 2. The fourth-order valence-electron chi connectivity index (χ4n) is 3.69. The lowest BCUT2D eigenvalue weighted by molar-refractivity contribution is 0.0785. The minimum absolute atomic E-state index is 0.0381. The van der Waals surface area contributed by atoms with Crippen molar-refractivity contribution in [2.75, 3.05) is 13.7 Å². The Hall–Kier alpha value is -3.79. The second kappa shape index (κ2) is 10.0. The molecule has 0 heterocycles. The Morgan fingerprint density at radius 3 is 2.34 bits per heavy atom. The summed E-state index contributed by atoms with van der Waals surface area (Å²) in [7, 11) is 1.82. The Labute approximate surface area is 189 Å². The van der Waals surface area contributed by atoms with E-state index in [1.165, 1.54) is 5.39 Å². The van der Waals surface area contributed by atoms with Gasteiger partial charge in [0.15, 0.2) is 0 Å². The molecule has 0 saturated carbocycles. The van der Waals surface area contributed by atoms with Crippen LogP contribution in [0.4, 0.5) is 0 Å². The molecule has 32 heavy (non-hydrogen) atoms. The van der Waals surface area contributed by atoms with Crippen LogP contribution in [0.15, 0.2) is 91.0 Å². The van der Waals surface area contributed by atoms with Crippen LogP contribution in [-0.2, 0) is 13.2 Å². The van der Waals surface area contributed by atoms with Crippen molar-refractivity contribution in [1.29, 1.82) is 0 Å². The highest BCUT2D eigenvalue weighted by Crippen LogP contribution is 2.25. The molecular weight excluding hydrogens is 398 g/mol. The van der Waals surface area contributed by atoms with E-state index in [0.717, 1.165) is 28.0 Å². The summed E-state index contributed by atoms with van der Waals surface area (Å²) in [6.45, 7) is 3.36. The largest absolute Gasteiger partial charge is 0.493 e. The first-order valence-corrected chi connectivity index (χ1v) is 10.8. The van der Waals surface area contributed by atoms with E-state index < -0.39 is 0 Å². The third-order valence-corrected chi connectivity index (χ3v) is 5.33. The van der Waals surface area contributed by atoms with Crippen LogP contribution in [0.5, 0.6) is 11.5 Å². The lowest BCUT2D eigenvalue weighted by Gasteiger charge is -2.19. The Balaban J connectivity index is 1.52. The Bertz CT molecular complexity index is 1200. The van der Waals surface area contributed by atoms with Crippen LogP contribution in [0.25, 0.3) is 10.8 Å². The van der Waals surface area contributed by atoms with Crippen LogP contribution in [-0.4, -0.2) is 24.5 Å². The molecule has 0 aliphatic carbocycles. The molecule has 4 rings (SSSR count). The molecule has 0 saturated heterocycles. The van der Waals surface area contributed by atoms with Crippen LogP contribution >= 0.6 is 0 Å². The number of carbonyl (C=O) groups excluding carboxylic acids is 1. The van der Waals surface area contributed by atoms with Crippen LogP contribution in [0.2, 0.25) is 0 Å². The van der Waals surface area contributed by atoms with E-state index in [4.69, 9.17) is 9.47 Å². The molecule has 4 aromatic carbocycles. The molecule has 4 aromatic rings. The van der Waals surface area contributed by atoms with Gasteiger partial charge < -0.3 is 14.4 Å². The maximum Gasteiger partial charge on any atom is 0.253 e. The topological polar surface area (TPSA) is 38.8 Å². The predicted octanol–water partition coefficient (Wildman–Crippen LogP) is 6.09. The highest BCUT2D eigenvalue weighted by Gasteiger charge is 2.15. The standard InChI is InChI=1S/C28H27NO3/c1-3-31-27-16-14-24(28(30)29(2)19-21-9-5-4-6-10-21)17-25(27)20-32-26-15-13-22-11-7-8-12-23(22)18-26/h4-18H,3,19-20H2,1-2H3. The summed E-state index contributed by atoms with van der Waals surface area (Å²) in [6, 6.07) is 29.7. The van der Waals surface area contributed by atoms with Gasteiger partial charge in [-0.2, -0.15) is 0 Å². The van der Waals surface area contributed by atoms with E-state index in [9.17, 15) is 4.79 Å². The van der Waals surface area contributed by atoms with Crippen LogP contribution in [0.3, 0.4) is 0 Å². The number of nitrogens with zero attached hydrogens (tertiary/aromatic N) is 1. The maximum atomic E-state index is 13.0. The number of amides is 1. The molecule has 0 aromatic heterocycles. The molecule has 0 aliphatic rings. The van der Waals surface area contributed by atoms with Gasteiger partial charge in [-0.05, 0) is 53.6 Å². The quantitative estimate of drug-likeness (QED) is 0.343. The fourth-order valence-corrected chi connectivity index (χ4v) is 3.69. The summed E-state index contributed by atoms with van der Waals surface area (Å²) < 4.78 is 11.9. The molecule has 1 amide bonds. The Morgan fingerprint density at radius 1 is 0.812 bits per heavy atom. The van der Waals surface area contributed by atoms with Gasteiger partial charge >= 0.3 is 0 Å². The fraction of sp³-hybridized carbons (Fsp3) is 0.179. The Kier molecular flexibility index (Phi) is 6.71. The van der Waals surface area contributed by atoms with Gasteiger partial charge in [0.05, 0.1) is 6.61 Å². The summed E-state index contributed by atoms with van der Waals surface area (Å²) in [6.07, 6.45) is 0. The summed E-state index contributed by atoms with van der Waals surface area (Å²) in [5.41, 5.74) is 2.55. The van der Waals surface area contributed by atoms with Crippen molar-refractivity contribution in [2.45, 2.75) is 20.1 Å². The number of hydrogen-bond donors (Lipinski definition) is 0. The van der Waals surface area contributed by atoms with Gasteiger partial charge in [0, 0.05) is 24.7 Å². The SMILES string of the molecule is CCOc1ccc(C(=O)N(C)Cc2ccccc2)cc1COc1ccc2ccccc2c1. The minimum Gasteiger partial charge on any atom is -0.493 e. The van der Waals surface area contributed by atoms with Gasteiger partial charge in [-0.25, -0.2) is 0 Å². The van der Waals surface area contributed by atoms with Crippen molar-refractivity contribution < 1.29 is 14.3 Å². The monoisotopic (exact) mass is 425 g/mol. The molecular formula is C28H27NO3. The van der Waals surface area contributed by atoms with E-state index in [-0.39, 0.29) is 5.91 Å². The van der Waals surface area contributed by atoms with Gasteiger partial charge in [0.2, 0.25) is 0 Å². The molecule has 0 spiro atoms. The molecule has 4 heteroatoms. The van der Waals surface area contributed by atoms with Gasteiger partial charge in [0.25, 0.3) is 5.91 Å². The average Bonchev–Trinajstić information content (AvgIpc) is 2.83. The number of hydrogen-bond acceptors (Lipinski definition) is 3. The third-order valence-electron chi connectivity index (χ3n) is 5.33. The number of fused-ring (bicyclic) bond motifs is 1. The molecule has 4 nitrogen and oxygen atoms in total. The van der Waals surface area contributed by atoms with Gasteiger partial charge in [-0.1, -0.05) is 60.7 Å². The molecule has 0 unspecified atom stereocenters. The molecule has 162 valence electrons. The average molecular weight is 426 g/mol. The highest BCUT2D eigenvalue weighted by atomic mass is 16.5. The zero-order chi connectivity index (χ0) is 22.3. The van der Waals surface area contributed by atoms with Crippen molar-refractivity contribution in [3.63, 3.8) is 0 Å². The zero-order valence-corrected chi connectivity index (χ0v) is 18.5. The maximum absolute atomic E-state index is 13.0. The van der Waals surface area contributed by atoms with Gasteiger partial charge in [-0.15, -0.1) is 0 Å². The molecule has 0 radical (unpaired) electrons. The van der Waals surface area contributed by atoms with E-state index >= 15 is 0 Å². The minimum atomic E-state index is -0.0381. The summed E-state index contributed by atoms with van der Waals surface area (Å²) in [5, 5.41) is 2.30. The van der Waals surface area contributed by atoms with E-state index in [0.29, 0.717) is 25.3 Å². The first kappa shape index (κ1) is 21.4. The van der Waals surface area contributed by atoms with Gasteiger partial charge in [0.1, 0.15) is 18.1 Å². The molecule has 0 N–H and O–H groups in total. The third kappa shape index (κ3) is 5.09. The van der Waals surface area contributed by atoms with E-state index in [1.807, 2.05) is 92.8 Å². The molecule has 0 fully saturated rings. The first-order chi connectivity index (χ1) is 15.6. The first-order valence-electron chi connectivity index (χ1n) is 10.8. The lowest BCUT2D eigenvalue weighted by Crippen LogP contribution is -2.26. The van der Waals surface area contributed by atoms with Crippen LogP contribution in [0, 0.1) is 0 Å².